The van der Waals surface area contributed by atoms with Crippen molar-refractivity contribution in [2.75, 3.05) is 20.3 Å². The van der Waals surface area contributed by atoms with E-state index in [4.69, 9.17) is 9.47 Å². The van der Waals surface area contributed by atoms with Gasteiger partial charge in [-0.1, -0.05) is 29.8 Å². The van der Waals surface area contributed by atoms with Crippen LogP contribution in [0.2, 0.25) is 0 Å². The highest BCUT2D eigenvalue weighted by Gasteiger charge is 2.04. The van der Waals surface area contributed by atoms with E-state index in [1.54, 1.807) is 7.11 Å². The fraction of sp³-hybridized carbons (Fsp3) is 0.278. The van der Waals surface area contributed by atoms with E-state index in [0.717, 1.165) is 17.1 Å². The summed E-state index contributed by atoms with van der Waals surface area (Å²) in [5.74, 6) is 1.54. The van der Waals surface area contributed by atoms with Gasteiger partial charge < -0.3 is 14.8 Å². The number of rotatable bonds is 7. The summed E-state index contributed by atoms with van der Waals surface area (Å²) in [7, 11) is 1.61. The lowest BCUT2D eigenvalue weighted by molar-refractivity contribution is -0.120. The first-order valence-corrected chi connectivity index (χ1v) is 7.26. The van der Waals surface area contributed by atoms with Gasteiger partial charge in [0.05, 0.1) is 20.1 Å². The van der Waals surface area contributed by atoms with Crippen molar-refractivity contribution in [2.45, 2.75) is 13.3 Å². The van der Waals surface area contributed by atoms with Gasteiger partial charge in [-0.2, -0.15) is 0 Å². The van der Waals surface area contributed by atoms with Gasteiger partial charge in [0, 0.05) is 0 Å². The van der Waals surface area contributed by atoms with Crippen LogP contribution in [0.1, 0.15) is 11.1 Å². The van der Waals surface area contributed by atoms with Crippen molar-refractivity contribution < 1.29 is 14.3 Å². The number of ether oxygens (including phenoxy) is 2. The van der Waals surface area contributed by atoms with Crippen LogP contribution < -0.4 is 14.8 Å². The number of hydrogen-bond donors (Lipinski definition) is 1. The monoisotopic (exact) mass is 299 g/mol. The van der Waals surface area contributed by atoms with Crippen LogP contribution in [0, 0.1) is 6.92 Å². The highest BCUT2D eigenvalue weighted by molar-refractivity contribution is 5.78. The van der Waals surface area contributed by atoms with Crippen molar-refractivity contribution in [2.24, 2.45) is 0 Å². The Balaban J connectivity index is 1.70. The Labute approximate surface area is 131 Å². The molecule has 0 aromatic heterocycles. The Kier molecular flexibility index (Phi) is 5.83. The second-order valence-electron chi connectivity index (χ2n) is 5.04. The summed E-state index contributed by atoms with van der Waals surface area (Å²) < 4.78 is 10.7. The predicted octanol–water partition coefficient (Wildman–Crippen LogP) is 2.74. The second kappa shape index (κ2) is 8.08. The fourth-order valence-corrected chi connectivity index (χ4v) is 2.02. The molecule has 0 aliphatic heterocycles. The van der Waals surface area contributed by atoms with Crippen LogP contribution in [0.5, 0.6) is 11.5 Å². The van der Waals surface area contributed by atoms with Gasteiger partial charge in [-0.25, -0.2) is 0 Å². The molecule has 0 unspecified atom stereocenters. The average molecular weight is 299 g/mol. The summed E-state index contributed by atoms with van der Waals surface area (Å²) in [6.07, 6.45) is 0.335. The number of methoxy groups -OCH3 is 1. The molecule has 0 fully saturated rings. The molecule has 1 amide bonds. The molecule has 1 N–H and O–H groups in total. The van der Waals surface area contributed by atoms with Crippen molar-refractivity contribution >= 4 is 5.91 Å². The number of carbonyl (C=O) groups is 1. The van der Waals surface area contributed by atoms with E-state index in [9.17, 15) is 4.79 Å². The topological polar surface area (TPSA) is 47.6 Å². The Bertz CT molecular complexity index is 608. The van der Waals surface area contributed by atoms with E-state index >= 15 is 0 Å². The zero-order valence-corrected chi connectivity index (χ0v) is 13.0. The lowest BCUT2D eigenvalue weighted by Gasteiger charge is -2.08. The predicted molar refractivity (Wildman–Crippen MR) is 86.4 cm³/mol. The van der Waals surface area contributed by atoms with E-state index in [1.807, 2.05) is 55.5 Å². The standard InChI is InChI=1S/C18H21NO3/c1-14-6-8-16(9-7-14)22-11-10-19-18(20)13-15-4-3-5-17(12-15)21-2/h3-9,12H,10-11,13H2,1-2H3,(H,19,20). The van der Waals surface area contributed by atoms with Crippen molar-refractivity contribution in [3.63, 3.8) is 0 Å². The van der Waals surface area contributed by atoms with Gasteiger partial charge >= 0.3 is 0 Å². The van der Waals surface area contributed by atoms with Crippen LogP contribution in [0.15, 0.2) is 48.5 Å². The third-order valence-electron chi connectivity index (χ3n) is 3.21. The summed E-state index contributed by atoms with van der Waals surface area (Å²) in [6.45, 7) is 2.96. The van der Waals surface area contributed by atoms with E-state index in [1.165, 1.54) is 5.56 Å². The molecule has 2 aromatic carbocycles. The Hall–Kier alpha value is -2.49. The van der Waals surface area contributed by atoms with E-state index < -0.39 is 0 Å². The average Bonchev–Trinajstić information content (AvgIpc) is 2.53. The Morgan fingerprint density at radius 2 is 1.86 bits per heavy atom. The molecule has 0 bridgehead atoms. The SMILES string of the molecule is COc1cccc(CC(=O)NCCOc2ccc(C)cc2)c1. The molecule has 2 rings (SSSR count). The highest BCUT2D eigenvalue weighted by atomic mass is 16.5. The first-order valence-electron chi connectivity index (χ1n) is 7.26. The molecule has 0 atom stereocenters. The molecule has 2 aromatic rings. The zero-order valence-electron chi connectivity index (χ0n) is 13.0. The van der Waals surface area contributed by atoms with Gasteiger partial charge in [0.15, 0.2) is 0 Å². The smallest absolute Gasteiger partial charge is 0.224 e. The number of benzene rings is 2. The Morgan fingerprint density at radius 1 is 1.09 bits per heavy atom. The van der Waals surface area contributed by atoms with Crippen molar-refractivity contribution in [1.29, 1.82) is 0 Å². The lowest BCUT2D eigenvalue weighted by Crippen LogP contribution is -2.29. The molecular weight excluding hydrogens is 278 g/mol. The first kappa shape index (κ1) is 15.9. The quantitative estimate of drug-likeness (QED) is 0.800. The van der Waals surface area contributed by atoms with E-state index in [0.29, 0.717) is 19.6 Å². The molecule has 0 saturated heterocycles. The molecule has 4 heteroatoms. The van der Waals surface area contributed by atoms with Gasteiger partial charge in [-0.3, -0.25) is 4.79 Å². The lowest BCUT2D eigenvalue weighted by atomic mass is 10.1. The van der Waals surface area contributed by atoms with Crippen LogP contribution in [0.4, 0.5) is 0 Å². The normalized spacial score (nSPS) is 10.1. The van der Waals surface area contributed by atoms with Gasteiger partial charge in [0.2, 0.25) is 5.91 Å². The van der Waals surface area contributed by atoms with Crippen molar-refractivity contribution in [1.82, 2.24) is 5.32 Å². The fourth-order valence-electron chi connectivity index (χ4n) is 2.02. The summed E-state index contributed by atoms with van der Waals surface area (Å²) in [5, 5.41) is 2.85. The molecule has 0 saturated carbocycles. The molecule has 116 valence electrons. The number of amides is 1. The number of carbonyl (C=O) groups excluding carboxylic acids is 1. The minimum absolute atomic E-state index is 0.0271. The maximum Gasteiger partial charge on any atom is 0.224 e. The van der Waals surface area contributed by atoms with Gasteiger partial charge in [0.25, 0.3) is 0 Å². The maximum atomic E-state index is 11.9. The largest absolute Gasteiger partial charge is 0.497 e. The van der Waals surface area contributed by atoms with Gasteiger partial charge in [-0.15, -0.1) is 0 Å². The Morgan fingerprint density at radius 3 is 2.59 bits per heavy atom. The number of aryl methyl sites for hydroxylation is 1. The maximum absolute atomic E-state index is 11.9. The van der Waals surface area contributed by atoms with Crippen LogP contribution in [-0.4, -0.2) is 26.2 Å². The van der Waals surface area contributed by atoms with Crippen LogP contribution in [0.3, 0.4) is 0 Å². The van der Waals surface area contributed by atoms with Gasteiger partial charge in [0.1, 0.15) is 18.1 Å². The molecule has 0 spiro atoms. The summed E-state index contributed by atoms with van der Waals surface area (Å²) in [6, 6.07) is 15.3. The minimum Gasteiger partial charge on any atom is -0.497 e. The van der Waals surface area contributed by atoms with Crippen molar-refractivity contribution in [3.05, 3.63) is 59.7 Å². The summed E-state index contributed by atoms with van der Waals surface area (Å²) in [4.78, 5) is 11.9. The number of hydrogen-bond acceptors (Lipinski definition) is 3. The minimum atomic E-state index is -0.0271. The third kappa shape index (κ3) is 5.13. The van der Waals surface area contributed by atoms with E-state index in [2.05, 4.69) is 5.32 Å². The second-order valence-corrected chi connectivity index (χ2v) is 5.04. The molecule has 0 radical (unpaired) electrons. The first-order chi connectivity index (χ1) is 10.7. The van der Waals surface area contributed by atoms with Crippen LogP contribution in [-0.2, 0) is 11.2 Å². The van der Waals surface area contributed by atoms with Gasteiger partial charge in [-0.05, 0) is 36.8 Å². The molecule has 0 aliphatic rings. The van der Waals surface area contributed by atoms with Crippen molar-refractivity contribution in [3.8, 4) is 11.5 Å². The summed E-state index contributed by atoms with van der Waals surface area (Å²) in [5.41, 5.74) is 2.12. The third-order valence-corrected chi connectivity index (χ3v) is 3.21. The molecule has 0 heterocycles. The van der Waals surface area contributed by atoms with E-state index in [-0.39, 0.29) is 5.91 Å². The van der Waals surface area contributed by atoms with Crippen LogP contribution >= 0.6 is 0 Å². The number of nitrogens with one attached hydrogen (secondary N) is 1. The summed E-state index contributed by atoms with van der Waals surface area (Å²) >= 11 is 0. The molecule has 4 nitrogen and oxygen atoms in total. The highest BCUT2D eigenvalue weighted by Crippen LogP contribution is 2.13. The van der Waals surface area contributed by atoms with Crippen LogP contribution in [0.25, 0.3) is 0 Å². The molecule has 0 aliphatic carbocycles. The zero-order chi connectivity index (χ0) is 15.8. The molecular formula is C18H21NO3. The molecule has 22 heavy (non-hydrogen) atoms.